The normalized spacial score (nSPS) is 13.2. The van der Waals surface area contributed by atoms with E-state index in [4.69, 9.17) is 11.6 Å². The highest BCUT2D eigenvalue weighted by molar-refractivity contribution is 7.91. The number of benzene rings is 1. The van der Waals surface area contributed by atoms with Gasteiger partial charge in [-0.2, -0.15) is 0 Å². The van der Waals surface area contributed by atoms with E-state index in [-0.39, 0.29) is 11.1 Å². The van der Waals surface area contributed by atoms with E-state index in [0.717, 1.165) is 25.1 Å². The van der Waals surface area contributed by atoms with Gasteiger partial charge in [-0.1, -0.05) is 13.8 Å². The van der Waals surface area contributed by atoms with Crippen LogP contribution in [-0.2, 0) is 9.84 Å². The smallest absolute Gasteiger partial charge is 0.178 e. The van der Waals surface area contributed by atoms with Crippen LogP contribution in [0.4, 0.5) is 5.69 Å². The molecule has 5 heteroatoms. The summed E-state index contributed by atoms with van der Waals surface area (Å²) in [6.45, 7) is 4.72. The van der Waals surface area contributed by atoms with Gasteiger partial charge in [-0.25, -0.2) is 8.42 Å². The lowest BCUT2D eigenvalue weighted by molar-refractivity contribution is 0.595. The van der Waals surface area contributed by atoms with Gasteiger partial charge in [-0.3, -0.25) is 0 Å². The van der Waals surface area contributed by atoms with Crippen LogP contribution in [0.25, 0.3) is 0 Å². The van der Waals surface area contributed by atoms with Gasteiger partial charge in [0.2, 0.25) is 0 Å². The molecule has 1 aromatic rings. The summed E-state index contributed by atoms with van der Waals surface area (Å²) in [4.78, 5) is 0.392. The Balaban J connectivity index is 2.57. The van der Waals surface area contributed by atoms with Crippen molar-refractivity contribution in [2.24, 2.45) is 0 Å². The number of hydrogen-bond acceptors (Lipinski definition) is 3. The quantitative estimate of drug-likeness (QED) is 0.745. The molecule has 1 N–H and O–H groups in total. The Morgan fingerprint density at radius 3 is 2.37 bits per heavy atom. The highest BCUT2D eigenvalue weighted by Gasteiger charge is 2.12. The average Bonchev–Trinajstić information content (AvgIpc) is 2.39. The summed E-state index contributed by atoms with van der Waals surface area (Å²) in [5.74, 6) is 0.199. The van der Waals surface area contributed by atoms with Crippen LogP contribution in [0.15, 0.2) is 29.2 Å². The van der Waals surface area contributed by atoms with E-state index in [9.17, 15) is 8.42 Å². The lowest BCUT2D eigenvalue weighted by Gasteiger charge is -2.10. The van der Waals surface area contributed by atoms with Crippen molar-refractivity contribution < 1.29 is 8.42 Å². The molecule has 0 aromatic heterocycles. The van der Waals surface area contributed by atoms with Crippen molar-refractivity contribution in [1.82, 2.24) is 0 Å². The fraction of sp³-hybridized carbons (Fsp3) is 0.571. The first-order valence-corrected chi connectivity index (χ1v) is 8.79. The maximum atomic E-state index is 11.8. The molecule has 1 atom stereocenters. The molecule has 1 unspecified atom stereocenters. The summed E-state index contributed by atoms with van der Waals surface area (Å²) < 4.78 is 23.7. The molecule has 1 rings (SSSR count). The van der Waals surface area contributed by atoms with E-state index in [1.807, 2.05) is 6.92 Å². The molecule has 0 aliphatic rings. The minimum atomic E-state index is -3.11. The van der Waals surface area contributed by atoms with Gasteiger partial charge in [0.25, 0.3) is 0 Å². The first kappa shape index (κ1) is 16.3. The summed E-state index contributed by atoms with van der Waals surface area (Å²) in [6, 6.07) is 6.92. The minimum absolute atomic E-state index is 0.191. The zero-order valence-electron chi connectivity index (χ0n) is 11.5. The second-order valence-electron chi connectivity index (χ2n) is 4.56. The monoisotopic (exact) mass is 303 g/mol. The number of rotatable bonds is 8. The first-order valence-electron chi connectivity index (χ1n) is 6.70. The summed E-state index contributed by atoms with van der Waals surface area (Å²) >= 11 is 6.03. The van der Waals surface area contributed by atoms with Crippen LogP contribution >= 0.6 is 11.6 Å². The van der Waals surface area contributed by atoms with Gasteiger partial charge in [-0.05, 0) is 43.5 Å². The first-order chi connectivity index (χ1) is 8.99. The number of alkyl halides is 1. The number of nitrogens with one attached hydrogen (secondary N) is 1. The van der Waals surface area contributed by atoms with Crippen LogP contribution in [0, 0.1) is 0 Å². The summed E-state index contributed by atoms with van der Waals surface area (Å²) in [6.07, 6.45) is 2.49. The third kappa shape index (κ3) is 5.41. The fourth-order valence-electron chi connectivity index (χ4n) is 1.74. The van der Waals surface area contributed by atoms with Gasteiger partial charge in [0.15, 0.2) is 9.84 Å². The van der Waals surface area contributed by atoms with E-state index >= 15 is 0 Å². The van der Waals surface area contributed by atoms with Crippen LogP contribution in [0.2, 0.25) is 0 Å². The average molecular weight is 304 g/mol. The molecule has 0 bridgehead atoms. The molecular weight excluding hydrogens is 282 g/mol. The van der Waals surface area contributed by atoms with E-state index in [2.05, 4.69) is 12.2 Å². The largest absolute Gasteiger partial charge is 0.385 e. The Bertz CT molecular complexity index is 471. The Hall–Kier alpha value is -0.740. The van der Waals surface area contributed by atoms with Gasteiger partial charge in [0.1, 0.15) is 0 Å². The number of halogens is 1. The van der Waals surface area contributed by atoms with Crippen molar-refractivity contribution >= 4 is 27.1 Å². The standard InChI is InChI=1S/C14H22ClNO2S/c1-3-11-19(17,18)14-7-5-13(6-8-14)16-10-9-12(15)4-2/h5-8,12,16H,3-4,9-11H2,1-2H3. The Morgan fingerprint density at radius 1 is 1.21 bits per heavy atom. The number of anilines is 1. The van der Waals surface area contributed by atoms with Crippen LogP contribution in [0.1, 0.15) is 33.1 Å². The predicted octanol–water partition coefficient (Wildman–Crippen LogP) is 3.69. The van der Waals surface area contributed by atoms with Crippen molar-refractivity contribution in [3.05, 3.63) is 24.3 Å². The number of sulfone groups is 1. The SMILES string of the molecule is CCCS(=O)(=O)c1ccc(NCCC(Cl)CC)cc1. The minimum Gasteiger partial charge on any atom is -0.385 e. The molecule has 0 aliphatic heterocycles. The molecule has 0 spiro atoms. The molecule has 108 valence electrons. The molecule has 3 nitrogen and oxygen atoms in total. The van der Waals surface area contributed by atoms with Crippen LogP contribution in [0.3, 0.4) is 0 Å². The molecule has 0 amide bonds. The van der Waals surface area contributed by atoms with E-state index < -0.39 is 9.84 Å². The maximum Gasteiger partial charge on any atom is 0.178 e. The van der Waals surface area contributed by atoms with Gasteiger partial charge in [-0.15, -0.1) is 11.6 Å². The molecule has 0 saturated heterocycles. The molecule has 0 radical (unpaired) electrons. The third-order valence-electron chi connectivity index (χ3n) is 2.92. The van der Waals surface area contributed by atoms with Crippen molar-refractivity contribution in [2.45, 2.75) is 43.4 Å². The molecule has 0 heterocycles. The molecule has 19 heavy (non-hydrogen) atoms. The second-order valence-corrected chi connectivity index (χ2v) is 7.29. The zero-order valence-corrected chi connectivity index (χ0v) is 13.1. The van der Waals surface area contributed by atoms with Gasteiger partial charge in [0.05, 0.1) is 10.6 Å². The van der Waals surface area contributed by atoms with E-state index in [0.29, 0.717) is 11.3 Å². The van der Waals surface area contributed by atoms with Gasteiger partial charge < -0.3 is 5.32 Å². The molecule has 0 aliphatic carbocycles. The molecule has 0 fully saturated rings. The van der Waals surface area contributed by atoms with Crippen LogP contribution in [-0.4, -0.2) is 26.1 Å². The van der Waals surface area contributed by atoms with Crippen LogP contribution < -0.4 is 5.32 Å². The lowest BCUT2D eigenvalue weighted by Crippen LogP contribution is -2.09. The fourth-order valence-corrected chi connectivity index (χ4v) is 3.18. The molecular formula is C14H22ClNO2S. The molecule has 1 aromatic carbocycles. The van der Waals surface area contributed by atoms with Crippen molar-refractivity contribution in [1.29, 1.82) is 0 Å². The summed E-state index contributed by atoms with van der Waals surface area (Å²) in [5.41, 5.74) is 0.926. The zero-order chi connectivity index (χ0) is 14.3. The summed E-state index contributed by atoms with van der Waals surface area (Å²) in [7, 11) is -3.11. The highest BCUT2D eigenvalue weighted by atomic mass is 35.5. The Labute approximate surface area is 121 Å². The van der Waals surface area contributed by atoms with Gasteiger partial charge >= 0.3 is 0 Å². The topological polar surface area (TPSA) is 46.2 Å². The Morgan fingerprint density at radius 2 is 1.84 bits per heavy atom. The van der Waals surface area contributed by atoms with Crippen LogP contribution in [0.5, 0.6) is 0 Å². The van der Waals surface area contributed by atoms with E-state index in [1.165, 1.54) is 0 Å². The van der Waals surface area contributed by atoms with Gasteiger partial charge in [0, 0.05) is 17.6 Å². The maximum absolute atomic E-state index is 11.8. The van der Waals surface area contributed by atoms with Crippen molar-refractivity contribution in [2.75, 3.05) is 17.6 Å². The summed E-state index contributed by atoms with van der Waals surface area (Å²) in [5, 5.41) is 3.43. The van der Waals surface area contributed by atoms with Crippen molar-refractivity contribution in [3.8, 4) is 0 Å². The second kappa shape index (κ2) is 7.75. The Kier molecular flexibility index (Phi) is 6.66. The lowest BCUT2D eigenvalue weighted by atomic mass is 10.2. The molecule has 0 saturated carbocycles. The highest BCUT2D eigenvalue weighted by Crippen LogP contribution is 2.16. The van der Waals surface area contributed by atoms with E-state index in [1.54, 1.807) is 24.3 Å². The third-order valence-corrected chi connectivity index (χ3v) is 5.38. The predicted molar refractivity (Wildman–Crippen MR) is 81.8 cm³/mol. The van der Waals surface area contributed by atoms with Crippen molar-refractivity contribution in [3.63, 3.8) is 0 Å². The number of hydrogen-bond donors (Lipinski definition) is 1.